The maximum Gasteiger partial charge on any atom is 0.269 e. The van der Waals surface area contributed by atoms with Crippen LogP contribution in [-0.2, 0) is 6.61 Å². The van der Waals surface area contributed by atoms with Gasteiger partial charge in [-0.25, -0.2) is 4.98 Å². The van der Waals surface area contributed by atoms with E-state index in [1.807, 2.05) is 16.0 Å². The Morgan fingerprint density at radius 1 is 1.40 bits per heavy atom. The predicted molar refractivity (Wildman–Crippen MR) is 76.2 cm³/mol. The second kappa shape index (κ2) is 5.23. The molecule has 0 saturated heterocycles. The zero-order valence-corrected chi connectivity index (χ0v) is 11.7. The van der Waals surface area contributed by atoms with Gasteiger partial charge in [-0.05, 0) is 12.1 Å². The average molecular weight is 307 g/mol. The number of hydrogen-bond donors (Lipinski definition) is 1. The van der Waals surface area contributed by atoms with Crippen molar-refractivity contribution >= 4 is 33.7 Å². The average Bonchev–Trinajstić information content (AvgIpc) is 2.99. The van der Waals surface area contributed by atoms with E-state index in [2.05, 4.69) is 4.98 Å². The summed E-state index contributed by atoms with van der Waals surface area (Å²) in [5.41, 5.74) is 0.784. The number of non-ortho nitro benzene ring substituents is 1. The maximum atomic E-state index is 10.6. The third-order valence-corrected chi connectivity index (χ3v) is 4.52. The van der Waals surface area contributed by atoms with Gasteiger partial charge in [0.1, 0.15) is 5.03 Å². The number of hydrogen-bond acceptors (Lipinski definition) is 6. The normalized spacial score (nSPS) is 11.1. The Morgan fingerprint density at radius 2 is 2.15 bits per heavy atom. The Balaban J connectivity index is 1.92. The third kappa shape index (κ3) is 2.28. The minimum absolute atomic E-state index is 0.0579. The monoisotopic (exact) mass is 307 g/mol. The van der Waals surface area contributed by atoms with E-state index in [0.717, 1.165) is 15.6 Å². The first-order chi connectivity index (χ1) is 9.69. The molecule has 3 rings (SSSR count). The molecule has 0 fully saturated rings. The van der Waals surface area contributed by atoms with E-state index in [-0.39, 0.29) is 12.3 Å². The second-order valence-corrected chi connectivity index (χ2v) is 5.87. The molecule has 0 aliphatic carbocycles. The number of aromatic nitrogens is 2. The van der Waals surface area contributed by atoms with E-state index in [4.69, 9.17) is 0 Å². The quantitative estimate of drug-likeness (QED) is 0.592. The van der Waals surface area contributed by atoms with Gasteiger partial charge in [0.2, 0.25) is 0 Å². The van der Waals surface area contributed by atoms with E-state index in [9.17, 15) is 15.2 Å². The Labute approximate surface area is 121 Å². The van der Waals surface area contributed by atoms with Gasteiger partial charge in [-0.3, -0.25) is 14.5 Å². The molecule has 0 atom stereocenters. The lowest BCUT2D eigenvalue weighted by Crippen LogP contribution is -1.91. The number of benzene rings is 1. The highest BCUT2D eigenvalue weighted by molar-refractivity contribution is 7.99. The van der Waals surface area contributed by atoms with Crippen molar-refractivity contribution in [2.24, 2.45) is 0 Å². The molecule has 0 amide bonds. The molecule has 0 aliphatic heterocycles. The summed E-state index contributed by atoms with van der Waals surface area (Å²) < 4.78 is 1.85. The van der Waals surface area contributed by atoms with E-state index in [1.54, 1.807) is 12.1 Å². The molecule has 2 heterocycles. The van der Waals surface area contributed by atoms with Crippen molar-refractivity contribution in [1.82, 2.24) is 9.38 Å². The standard InChI is InChI=1S/C12H9N3O3S2/c16-7-10-11(13-12-14(10)5-6-19-12)20-9-3-1-8(2-4-9)15(17)18/h1-6,16H,7H2. The molecule has 0 bridgehead atoms. The van der Waals surface area contributed by atoms with Gasteiger partial charge in [0.25, 0.3) is 5.69 Å². The second-order valence-electron chi connectivity index (χ2n) is 3.93. The molecule has 1 N–H and O–H groups in total. The number of nitro benzene ring substituents is 1. The topological polar surface area (TPSA) is 80.7 Å². The summed E-state index contributed by atoms with van der Waals surface area (Å²) in [5, 5.41) is 22.7. The van der Waals surface area contributed by atoms with Crippen LogP contribution in [0.5, 0.6) is 0 Å². The van der Waals surface area contributed by atoms with E-state index in [1.165, 1.54) is 35.2 Å². The molecule has 8 heteroatoms. The van der Waals surface area contributed by atoms with E-state index in [0.29, 0.717) is 5.03 Å². The molecular weight excluding hydrogens is 298 g/mol. The zero-order chi connectivity index (χ0) is 14.1. The largest absolute Gasteiger partial charge is 0.390 e. The summed E-state index contributed by atoms with van der Waals surface area (Å²) >= 11 is 2.87. The molecule has 1 aromatic carbocycles. The first-order valence-electron chi connectivity index (χ1n) is 5.66. The number of aliphatic hydroxyl groups is 1. The summed E-state index contributed by atoms with van der Waals surface area (Å²) in [6, 6.07) is 6.27. The molecule has 0 radical (unpaired) electrons. The zero-order valence-electron chi connectivity index (χ0n) is 10.1. The summed E-state index contributed by atoms with van der Waals surface area (Å²) in [5.74, 6) is 0. The van der Waals surface area contributed by atoms with Crippen LogP contribution in [0.4, 0.5) is 5.69 Å². The Bertz CT molecular complexity index is 764. The molecule has 0 spiro atoms. The molecule has 2 aromatic heterocycles. The Morgan fingerprint density at radius 3 is 2.80 bits per heavy atom. The lowest BCUT2D eigenvalue weighted by molar-refractivity contribution is -0.384. The van der Waals surface area contributed by atoms with Crippen LogP contribution in [0.2, 0.25) is 0 Å². The molecule has 102 valence electrons. The van der Waals surface area contributed by atoms with Crippen LogP contribution < -0.4 is 0 Å². The van der Waals surface area contributed by atoms with Gasteiger partial charge in [-0.1, -0.05) is 11.8 Å². The summed E-state index contributed by atoms with van der Waals surface area (Å²) in [7, 11) is 0. The first kappa shape index (κ1) is 13.1. The molecular formula is C12H9N3O3S2. The first-order valence-corrected chi connectivity index (χ1v) is 7.36. The van der Waals surface area contributed by atoms with E-state index < -0.39 is 4.92 Å². The third-order valence-electron chi connectivity index (χ3n) is 2.74. The van der Waals surface area contributed by atoms with Gasteiger partial charge in [-0.2, -0.15) is 0 Å². The van der Waals surface area contributed by atoms with Gasteiger partial charge in [0.05, 0.1) is 17.2 Å². The molecule has 3 aromatic rings. The van der Waals surface area contributed by atoms with Crippen molar-refractivity contribution in [3.63, 3.8) is 0 Å². The highest BCUT2D eigenvalue weighted by Crippen LogP contribution is 2.32. The lowest BCUT2D eigenvalue weighted by atomic mass is 10.3. The van der Waals surface area contributed by atoms with Crippen LogP contribution >= 0.6 is 23.1 Å². The van der Waals surface area contributed by atoms with Gasteiger partial charge in [0.15, 0.2) is 4.96 Å². The van der Waals surface area contributed by atoms with Crippen molar-refractivity contribution in [2.45, 2.75) is 16.5 Å². The number of nitro groups is 1. The van der Waals surface area contributed by atoms with Crippen molar-refractivity contribution in [1.29, 1.82) is 0 Å². The van der Waals surface area contributed by atoms with Crippen molar-refractivity contribution in [2.75, 3.05) is 0 Å². The van der Waals surface area contributed by atoms with Crippen molar-refractivity contribution in [3.8, 4) is 0 Å². The van der Waals surface area contributed by atoms with Crippen LogP contribution in [-0.4, -0.2) is 19.4 Å². The summed E-state index contributed by atoms with van der Waals surface area (Å²) in [4.78, 5) is 16.3. The van der Waals surface area contributed by atoms with Crippen LogP contribution in [0, 0.1) is 10.1 Å². The predicted octanol–water partition coefficient (Wildman–Crippen LogP) is 2.95. The fourth-order valence-electron chi connectivity index (χ4n) is 1.79. The molecule has 0 aliphatic rings. The van der Waals surface area contributed by atoms with Gasteiger partial charge >= 0.3 is 0 Å². The smallest absolute Gasteiger partial charge is 0.269 e. The number of imidazole rings is 1. The fourth-order valence-corrected chi connectivity index (χ4v) is 3.48. The Kier molecular flexibility index (Phi) is 3.43. The van der Waals surface area contributed by atoms with E-state index >= 15 is 0 Å². The molecule has 0 unspecified atom stereocenters. The van der Waals surface area contributed by atoms with Crippen molar-refractivity contribution in [3.05, 3.63) is 51.7 Å². The van der Waals surface area contributed by atoms with Gasteiger partial charge in [-0.15, -0.1) is 11.3 Å². The van der Waals surface area contributed by atoms with Crippen LogP contribution in [0.15, 0.2) is 45.8 Å². The SMILES string of the molecule is O=[N+]([O-])c1ccc(Sc2nc3sccn3c2CO)cc1. The summed E-state index contributed by atoms with van der Waals surface area (Å²) in [6.07, 6.45) is 1.86. The number of fused-ring (bicyclic) bond motifs is 1. The molecule has 20 heavy (non-hydrogen) atoms. The van der Waals surface area contributed by atoms with Crippen molar-refractivity contribution < 1.29 is 10.0 Å². The van der Waals surface area contributed by atoms with Gasteiger partial charge < -0.3 is 5.11 Å². The van der Waals surface area contributed by atoms with Gasteiger partial charge in [0, 0.05) is 28.6 Å². The van der Waals surface area contributed by atoms with Crippen LogP contribution in [0.25, 0.3) is 4.96 Å². The number of nitrogens with zero attached hydrogens (tertiary/aromatic N) is 3. The fraction of sp³-hybridized carbons (Fsp3) is 0.0833. The molecule has 0 saturated carbocycles. The number of thiazole rings is 1. The van der Waals surface area contributed by atoms with Crippen LogP contribution in [0.1, 0.15) is 5.69 Å². The number of aliphatic hydroxyl groups excluding tert-OH is 1. The Hall–Kier alpha value is -1.90. The highest BCUT2D eigenvalue weighted by atomic mass is 32.2. The molecule has 6 nitrogen and oxygen atoms in total. The lowest BCUT2D eigenvalue weighted by Gasteiger charge is -2.01. The summed E-state index contributed by atoms with van der Waals surface area (Å²) in [6.45, 7) is -0.104. The minimum Gasteiger partial charge on any atom is -0.390 e. The highest BCUT2D eigenvalue weighted by Gasteiger charge is 2.14. The van der Waals surface area contributed by atoms with Crippen LogP contribution in [0.3, 0.4) is 0 Å². The minimum atomic E-state index is -0.430. The number of rotatable bonds is 4. The maximum absolute atomic E-state index is 10.6.